The molecule has 2 heterocycles. The molecule has 0 saturated carbocycles. The van der Waals surface area contributed by atoms with E-state index < -0.39 is 10.9 Å². The predicted octanol–water partition coefficient (Wildman–Crippen LogP) is -1.31. The molecular weight excluding hydrogens is 352 g/mol. The van der Waals surface area contributed by atoms with Crippen LogP contribution in [0.4, 0.5) is 11.1 Å². The van der Waals surface area contributed by atoms with Gasteiger partial charge < -0.3 is 9.26 Å². The van der Waals surface area contributed by atoms with Gasteiger partial charge in [-0.3, -0.25) is 15.0 Å². The quantitative estimate of drug-likeness (QED) is 0.522. The monoisotopic (exact) mass is 362 g/mol. The number of hydrogen-bond donors (Lipinski definition) is 2. The molecule has 25 heavy (non-hydrogen) atoms. The zero-order chi connectivity index (χ0) is 17.8. The summed E-state index contributed by atoms with van der Waals surface area (Å²) < 4.78 is 13.5. The van der Waals surface area contributed by atoms with Gasteiger partial charge in [-0.1, -0.05) is 5.16 Å². The van der Waals surface area contributed by atoms with Crippen LogP contribution in [0.3, 0.4) is 0 Å². The summed E-state index contributed by atoms with van der Waals surface area (Å²) in [5.74, 6) is 0.378. The van der Waals surface area contributed by atoms with Crippen LogP contribution in [-0.2, 0) is 0 Å². The fraction of sp³-hybridized carbons (Fsp3) is 0.167. The first-order valence-corrected chi connectivity index (χ1v) is 7.46. The third-order valence-corrected chi connectivity index (χ3v) is 3.33. The molecule has 0 saturated heterocycles. The van der Waals surface area contributed by atoms with Crippen molar-refractivity contribution in [2.24, 2.45) is 10.2 Å². The molecule has 2 N–H and O–H groups in total. The van der Waals surface area contributed by atoms with Crippen molar-refractivity contribution in [3.05, 3.63) is 49.1 Å². The summed E-state index contributed by atoms with van der Waals surface area (Å²) in [6.07, 6.45) is 0. The SMILES string of the molecule is COc1nsc(NN=c2ccc(=O)c(=NNc3nc(C)no3)c2=O)n1. The van der Waals surface area contributed by atoms with Gasteiger partial charge in [0.2, 0.25) is 16.0 Å². The summed E-state index contributed by atoms with van der Waals surface area (Å²) in [5.41, 5.74) is 3.67. The maximum atomic E-state index is 12.3. The number of benzene rings is 1. The van der Waals surface area contributed by atoms with Crippen LogP contribution in [0.5, 0.6) is 6.01 Å². The average molecular weight is 362 g/mol. The molecule has 0 atom stereocenters. The van der Waals surface area contributed by atoms with Crippen LogP contribution in [0.2, 0.25) is 0 Å². The number of nitrogens with zero attached hydrogens (tertiary/aromatic N) is 6. The van der Waals surface area contributed by atoms with Crippen LogP contribution in [0.25, 0.3) is 0 Å². The Morgan fingerprint density at radius 2 is 2.04 bits per heavy atom. The van der Waals surface area contributed by atoms with E-state index >= 15 is 0 Å². The predicted molar refractivity (Wildman–Crippen MR) is 85.2 cm³/mol. The van der Waals surface area contributed by atoms with Gasteiger partial charge in [0.05, 0.1) is 7.11 Å². The van der Waals surface area contributed by atoms with Crippen molar-refractivity contribution in [2.75, 3.05) is 18.0 Å². The lowest BCUT2D eigenvalue weighted by atomic mass is 10.3. The average Bonchev–Trinajstić information content (AvgIpc) is 3.22. The summed E-state index contributed by atoms with van der Waals surface area (Å²) in [5, 5.41) is 11.1. The highest BCUT2D eigenvalue weighted by Crippen LogP contribution is 2.14. The summed E-state index contributed by atoms with van der Waals surface area (Å²) in [6, 6.07) is 2.57. The number of aryl methyl sites for hydroxylation is 1. The Balaban J connectivity index is 1.92. The highest BCUT2D eigenvalue weighted by molar-refractivity contribution is 7.09. The van der Waals surface area contributed by atoms with Crippen molar-refractivity contribution in [3.8, 4) is 6.01 Å². The van der Waals surface area contributed by atoms with Gasteiger partial charge in [0.1, 0.15) is 5.36 Å². The van der Waals surface area contributed by atoms with Crippen LogP contribution in [0, 0.1) is 6.92 Å². The highest BCUT2D eigenvalue weighted by Gasteiger charge is 2.05. The molecule has 2 aromatic heterocycles. The van der Waals surface area contributed by atoms with Crippen LogP contribution < -0.4 is 37.2 Å². The Bertz CT molecular complexity index is 1110. The number of rotatable bonds is 5. The van der Waals surface area contributed by atoms with Crippen molar-refractivity contribution in [3.63, 3.8) is 0 Å². The maximum absolute atomic E-state index is 12.3. The maximum Gasteiger partial charge on any atom is 0.341 e. The van der Waals surface area contributed by atoms with Crippen molar-refractivity contribution < 1.29 is 9.26 Å². The van der Waals surface area contributed by atoms with Crippen molar-refractivity contribution in [1.29, 1.82) is 0 Å². The molecule has 0 aliphatic heterocycles. The zero-order valence-electron chi connectivity index (χ0n) is 12.9. The molecular formula is C12H10N8O4S. The number of hydrogen-bond acceptors (Lipinski definition) is 13. The molecule has 3 rings (SSSR count). The highest BCUT2D eigenvalue weighted by atomic mass is 32.1. The molecule has 0 spiro atoms. The van der Waals surface area contributed by atoms with Gasteiger partial charge >= 0.3 is 12.0 Å². The second-order valence-electron chi connectivity index (χ2n) is 4.44. The normalized spacial score (nSPS) is 12.4. The second kappa shape index (κ2) is 6.96. The van der Waals surface area contributed by atoms with Crippen molar-refractivity contribution in [1.82, 2.24) is 19.5 Å². The van der Waals surface area contributed by atoms with Gasteiger partial charge in [-0.25, -0.2) is 5.43 Å². The lowest BCUT2D eigenvalue weighted by molar-refractivity contribution is 0.386. The molecule has 1 aromatic carbocycles. The van der Waals surface area contributed by atoms with E-state index in [1.807, 2.05) is 0 Å². The molecule has 12 nitrogen and oxygen atoms in total. The summed E-state index contributed by atoms with van der Waals surface area (Å²) in [7, 11) is 1.43. The Morgan fingerprint density at radius 1 is 1.20 bits per heavy atom. The van der Waals surface area contributed by atoms with E-state index in [-0.39, 0.29) is 22.7 Å². The van der Waals surface area contributed by atoms with E-state index in [0.717, 1.165) is 11.5 Å². The van der Waals surface area contributed by atoms with Gasteiger partial charge in [0.25, 0.3) is 0 Å². The van der Waals surface area contributed by atoms with Gasteiger partial charge in [0.15, 0.2) is 11.2 Å². The molecule has 128 valence electrons. The van der Waals surface area contributed by atoms with E-state index in [2.05, 4.69) is 40.6 Å². The Morgan fingerprint density at radius 3 is 2.72 bits per heavy atom. The van der Waals surface area contributed by atoms with E-state index in [1.165, 1.54) is 19.2 Å². The molecule has 0 unspecified atom stereocenters. The van der Waals surface area contributed by atoms with Crippen molar-refractivity contribution >= 4 is 22.7 Å². The minimum Gasteiger partial charge on any atom is -0.466 e. The van der Waals surface area contributed by atoms with Crippen LogP contribution >= 0.6 is 11.5 Å². The van der Waals surface area contributed by atoms with E-state index in [4.69, 9.17) is 9.26 Å². The van der Waals surface area contributed by atoms with Crippen LogP contribution in [-0.4, -0.2) is 26.6 Å². The van der Waals surface area contributed by atoms with E-state index in [9.17, 15) is 9.59 Å². The fourth-order valence-electron chi connectivity index (χ4n) is 1.63. The molecule has 0 amide bonds. The number of nitrogens with one attached hydrogen (secondary N) is 2. The molecule has 3 aromatic rings. The van der Waals surface area contributed by atoms with Crippen LogP contribution in [0.1, 0.15) is 5.82 Å². The largest absolute Gasteiger partial charge is 0.466 e. The first-order chi connectivity index (χ1) is 12.1. The molecule has 0 radical (unpaired) electrons. The zero-order valence-corrected chi connectivity index (χ0v) is 13.7. The summed E-state index contributed by atoms with van der Waals surface area (Å²) >= 11 is 0.998. The molecule has 0 aliphatic carbocycles. The van der Waals surface area contributed by atoms with Gasteiger partial charge in [-0.2, -0.15) is 20.2 Å². The minimum absolute atomic E-state index is 0.0315. The topological polar surface area (TPSA) is 157 Å². The first kappa shape index (κ1) is 16.4. The third kappa shape index (κ3) is 3.72. The lowest BCUT2D eigenvalue weighted by Gasteiger charge is -1.92. The molecule has 0 fully saturated rings. The molecule has 0 bridgehead atoms. The first-order valence-electron chi connectivity index (χ1n) is 6.69. The number of aromatic nitrogens is 4. The molecule has 13 heteroatoms. The second-order valence-corrected chi connectivity index (χ2v) is 5.19. The van der Waals surface area contributed by atoms with Crippen molar-refractivity contribution in [2.45, 2.75) is 6.92 Å². The lowest BCUT2D eigenvalue weighted by Crippen LogP contribution is -2.47. The fourth-order valence-corrected chi connectivity index (χ4v) is 2.11. The standard InChI is InChI=1S/C12H10N8O4S/c1-5-13-10(24-19-5)17-16-8-7(21)4-3-6(9(8)22)15-18-12-14-11(23-2)20-25-12/h3-4H,1-2H3,(H,13,17,19)(H,14,18,20). The Labute approximate surface area is 142 Å². The Kier molecular flexibility index (Phi) is 4.56. The number of ether oxygens (including phenoxy) is 1. The smallest absolute Gasteiger partial charge is 0.341 e. The van der Waals surface area contributed by atoms with E-state index in [1.54, 1.807) is 6.92 Å². The van der Waals surface area contributed by atoms with Gasteiger partial charge in [-0.15, -0.1) is 4.37 Å². The van der Waals surface area contributed by atoms with Gasteiger partial charge in [-0.05, 0) is 19.1 Å². The van der Waals surface area contributed by atoms with Crippen LogP contribution in [0.15, 0.2) is 36.4 Å². The molecule has 0 aliphatic rings. The summed E-state index contributed by atoms with van der Waals surface area (Å²) in [6.45, 7) is 1.61. The summed E-state index contributed by atoms with van der Waals surface area (Å²) in [4.78, 5) is 31.9. The minimum atomic E-state index is -0.680. The van der Waals surface area contributed by atoms with E-state index in [0.29, 0.717) is 11.0 Å². The van der Waals surface area contributed by atoms with Gasteiger partial charge in [0, 0.05) is 11.5 Å². The number of methoxy groups -OCH3 is 1. The Hall–Kier alpha value is -3.48. The number of anilines is 2. The third-order valence-electron chi connectivity index (χ3n) is 2.73.